The number of rotatable bonds is 2. The van der Waals surface area contributed by atoms with Gasteiger partial charge in [0.2, 0.25) is 0 Å². The van der Waals surface area contributed by atoms with Crippen LogP contribution in [0.5, 0.6) is 0 Å². The van der Waals surface area contributed by atoms with Crippen molar-refractivity contribution in [3.63, 3.8) is 0 Å². The fourth-order valence-electron chi connectivity index (χ4n) is 3.44. The van der Waals surface area contributed by atoms with Crippen LogP contribution in [0.3, 0.4) is 0 Å². The van der Waals surface area contributed by atoms with Crippen molar-refractivity contribution in [3.8, 4) is 0 Å². The van der Waals surface area contributed by atoms with E-state index in [1.54, 1.807) is 0 Å². The molecule has 2 aliphatic rings. The fraction of sp³-hybridized carbons (Fsp3) is 0.909. The van der Waals surface area contributed by atoms with Gasteiger partial charge in [0.05, 0.1) is 7.11 Å². The summed E-state index contributed by atoms with van der Waals surface area (Å²) in [6, 6.07) is 0. The van der Waals surface area contributed by atoms with Crippen molar-refractivity contribution in [2.75, 3.05) is 7.11 Å². The Kier molecular flexibility index (Phi) is 2.31. The summed E-state index contributed by atoms with van der Waals surface area (Å²) in [4.78, 5) is 12.3. The second kappa shape index (κ2) is 3.07. The molecule has 0 radical (unpaired) electrons. The molecular formula is C11H18O4S. The third-order valence-electron chi connectivity index (χ3n) is 5.02. The van der Waals surface area contributed by atoms with E-state index in [1.807, 2.05) is 20.8 Å². The Labute approximate surface area is 96.5 Å². The van der Waals surface area contributed by atoms with E-state index in [4.69, 9.17) is 0 Å². The third-order valence-corrected chi connectivity index (χ3v) is 6.64. The van der Waals surface area contributed by atoms with Gasteiger partial charge in [0.15, 0.2) is 5.78 Å². The predicted molar refractivity (Wildman–Crippen MR) is 59.3 cm³/mol. The number of Topliss-reactive ketones (excluding diaryl/α,β-unsaturated/α-hetero) is 1. The summed E-state index contributed by atoms with van der Waals surface area (Å²) in [5.41, 5.74) is -0.756. The van der Waals surface area contributed by atoms with Gasteiger partial charge in [0, 0.05) is 5.41 Å². The minimum atomic E-state index is -3.74. The summed E-state index contributed by atoms with van der Waals surface area (Å²) >= 11 is 0. The number of hydrogen-bond acceptors (Lipinski definition) is 4. The zero-order chi connectivity index (χ0) is 12.4. The molecule has 2 bridgehead atoms. The van der Waals surface area contributed by atoms with Crippen LogP contribution < -0.4 is 0 Å². The van der Waals surface area contributed by atoms with Gasteiger partial charge in [0.25, 0.3) is 10.1 Å². The van der Waals surface area contributed by atoms with Gasteiger partial charge in [0.1, 0.15) is 5.25 Å². The molecule has 5 heteroatoms. The molecular weight excluding hydrogens is 228 g/mol. The topological polar surface area (TPSA) is 60.4 Å². The van der Waals surface area contributed by atoms with E-state index in [9.17, 15) is 13.2 Å². The van der Waals surface area contributed by atoms with Gasteiger partial charge >= 0.3 is 0 Å². The van der Waals surface area contributed by atoms with Crippen molar-refractivity contribution in [1.82, 2.24) is 0 Å². The van der Waals surface area contributed by atoms with Crippen LogP contribution in [0, 0.1) is 16.7 Å². The molecule has 2 aliphatic carbocycles. The van der Waals surface area contributed by atoms with Crippen LogP contribution in [0.1, 0.15) is 33.6 Å². The Bertz CT molecular complexity index is 437. The first-order valence-electron chi connectivity index (χ1n) is 5.52. The molecule has 92 valence electrons. The molecule has 2 fully saturated rings. The average molecular weight is 246 g/mol. The zero-order valence-electron chi connectivity index (χ0n) is 10.1. The lowest BCUT2D eigenvalue weighted by molar-refractivity contribution is -0.128. The molecule has 0 spiro atoms. The molecule has 16 heavy (non-hydrogen) atoms. The van der Waals surface area contributed by atoms with E-state index in [1.165, 1.54) is 0 Å². The lowest BCUT2D eigenvalue weighted by Crippen LogP contribution is -2.39. The smallest absolute Gasteiger partial charge is 0.277 e. The third kappa shape index (κ3) is 1.13. The summed E-state index contributed by atoms with van der Waals surface area (Å²) < 4.78 is 28.1. The second-order valence-corrected chi connectivity index (χ2v) is 7.47. The zero-order valence-corrected chi connectivity index (χ0v) is 10.9. The lowest BCUT2D eigenvalue weighted by Gasteiger charge is -2.32. The lowest BCUT2D eigenvalue weighted by atomic mass is 9.70. The van der Waals surface area contributed by atoms with Crippen LogP contribution in [0.15, 0.2) is 0 Å². The molecule has 0 aliphatic heterocycles. The van der Waals surface area contributed by atoms with Gasteiger partial charge < -0.3 is 0 Å². The average Bonchev–Trinajstić information content (AvgIpc) is 2.49. The Balaban J connectivity index is 2.53. The molecule has 0 unspecified atom stereocenters. The molecule has 0 N–H and O–H groups in total. The van der Waals surface area contributed by atoms with E-state index in [2.05, 4.69) is 4.18 Å². The van der Waals surface area contributed by atoms with Crippen molar-refractivity contribution in [1.29, 1.82) is 0 Å². The van der Waals surface area contributed by atoms with Crippen molar-refractivity contribution in [2.45, 2.75) is 38.9 Å². The maximum Gasteiger partial charge on any atom is 0.277 e. The minimum absolute atomic E-state index is 0.102. The van der Waals surface area contributed by atoms with E-state index in [0.717, 1.165) is 20.0 Å². The van der Waals surface area contributed by atoms with Gasteiger partial charge in [-0.05, 0) is 24.2 Å². The molecule has 4 nitrogen and oxygen atoms in total. The summed E-state index contributed by atoms with van der Waals surface area (Å²) in [6.45, 7) is 5.88. The number of carbonyl (C=O) groups is 1. The number of ketones is 1. The number of fused-ring (bicyclic) bond motifs is 2. The summed E-state index contributed by atoms with van der Waals surface area (Å²) in [7, 11) is -2.61. The fourth-order valence-corrected chi connectivity index (χ4v) is 5.05. The van der Waals surface area contributed by atoms with Crippen LogP contribution in [-0.4, -0.2) is 26.6 Å². The molecule has 0 aromatic carbocycles. The Hall–Kier alpha value is -0.420. The van der Waals surface area contributed by atoms with E-state index in [0.29, 0.717) is 0 Å². The van der Waals surface area contributed by atoms with Crippen LogP contribution in [0.4, 0.5) is 0 Å². The number of carbonyl (C=O) groups excluding carboxylic acids is 1. The van der Waals surface area contributed by atoms with Crippen LogP contribution >= 0.6 is 0 Å². The Morgan fingerprint density at radius 2 is 1.88 bits per heavy atom. The highest BCUT2D eigenvalue weighted by Crippen LogP contribution is 2.64. The summed E-state index contributed by atoms with van der Waals surface area (Å²) in [5.74, 6) is -0.259. The first-order chi connectivity index (χ1) is 7.18. The summed E-state index contributed by atoms with van der Waals surface area (Å²) in [6.07, 6.45) is 1.59. The van der Waals surface area contributed by atoms with Crippen molar-refractivity contribution >= 4 is 15.9 Å². The van der Waals surface area contributed by atoms with Gasteiger partial charge in [-0.25, -0.2) is 0 Å². The Morgan fingerprint density at radius 3 is 2.25 bits per heavy atom. The van der Waals surface area contributed by atoms with Crippen molar-refractivity contribution in [2.24, 2.45) is 16.7 Å². The van der Waals surface area contributed by atoms with Crippen molar-refractivity contribution < 1.29 is 17.4 Å². The molecule has 0 aromatic rings. The highest BCUT2D eigenvalue weighted by molar-refractivity contribution is 7.88. The van der Waals surface area contributed by atoms with Crippen LogP contribution in [0.2, 0.25) is 0 Å². The normalized spacial score (nSPS) is 41.6. The Morgan fingerprint density at radius 1 is 1.31 bits per heavy atom. The molecule has 2 rings (SSSR count). The monoisotopic (exact) mass is 246 g/mol. The second-order valence-electron chi connectivity index (χ2n) is 5.64. The van der Waals surface area contributed by atoms with Gasteiger partial charge in [-0.2, -0.15) is 8.42 Å². The molecule has 2 saturated carbocycles. The first-order valence-corrected chi connectivity index (χ1v) is 6.99. The van der Waals surface area contributed by atoms with Crippen molar-refractivity contribution in [3.05, 3.63) is 0 Å². The molecule has 0 saturated heterocycles. The molecule has 0 amide bonds. The van der Waals surface area contributed by atoms with Gasteiger partial charge in [-0.3, -0.25) is 8.98 Å². The largest absolute Gasteiger partial charge is 0.297 e. The predicted octanol–water partition coefficient (Wildman–Crippen LogP) is 1.36. The minimum Gasteiger partial charge on any atom is -0.297 e. The highest BCUT2D eigenvalue weighted by atomic mass is 32.2. The SMILES string of the molecule is COS(=O)(=O)[C@@H]1C(=O)[C@@]2(C)CC[C@H]1C2(C)C. The maximum absolute atomic E-state index is 12.3. The standard InChI is InChI=1S/C11H18O4S/c1-10(2)7-5-6-11(10,3)9(12)8(7)16(13,14)15-4/h7-8H,5-6H2,1-4H3/t7-,8+,11-/m1/s1. The van der Waals surface area contributed by atoms with Gasteiger partial charge in [-0.1, -0.05) is 20.8 Å². The highest BCUT2D eigenvalue weighted by Gasteiger charge is 2.69. The molecule has 0 heterocycles. The molecule has 0 aromatic heterocycles. The van der Waals surface area contributed by atoms with E-state index < -0.39 is 20.8 Å². The van der Waals surface area contributed by atoms with Crippen LogP contribution in [-0.2, 0) is 19.1 Å². The summed E-state index contributed by atoms with van der Waals surface area (Å²) in [5, 5.41) is -0.953. The van der Waals surface area contributed by atoms with Crippen LogP contribution in [0.25, 0.3) is 0 Å². The molecule has 3 atom stereocenters. The number of hydrogen-bond donors (Lipinski definition) is 0. The quantitative estimate of drug-likeness (QED) is 0.690. The first kappa shape index (κ1) is 12.0. The van der Waals surface area contributed by atoms with Gasteiger partial charge in [-0.15, -0.1) is 0 Å². The van der Waals surface area contributed by atoms with E-state index in [-0.39, 0.29) is 17.1 Å². The maximum atomic E-state index is 12.3. The van der Waals surface area contributed by atoms with E-state index >= 15 is 0 Å².